The van der Waals surface area contributed by atoms with Crippen LogP contribution in [-0.4, -0.2) is 75.4 Å². The minimum absolute atomic E-state index is 0.205. The Hall–Kier alpha value is -2.16. The van der Waals surface area contributed by atoms with Gasteiger partial charge in [0, 0.05) is 20.1 Å². The summed E-state index contributed by atoms with van der Waals surface area (Å²) >= 11 is 0. The Balaban J connectivity index is 1.98. The first kappa shape index (κ1) is 22.5. The van der Waals surface area contributed by atoms with E-state index in [1.165, 1.54) is 11.9 Å². The first-order chi connectivity index (χ1) is 14.2. The molecule has 0 aromatic carbocycles. The van der Waals surface area contributed by atoms with Crippen LogP contribution in [0.4, 0.5) is 4.79 Å². The summed E-state index contributed by atoms with van der Waals surface area (Å²) in [5.74, 6) is -2.24. The zero-order valence-electron chi connectivity index (χ0n) is 18.2. The standard InChI is InChI=1S/C21H34N4O5/c1-21(2)19(28)25(20(29)23(21)3)16(17(26)22-30)15(13-14-9-5-6-10-14)18(27)24-11-7-4-8-12-24/h14-16,30H,4-13H2,1-3H3,(H,22,26)/t15-,16?/m1/s1. The molecular weight excluding hydrogens is 388 g/mol. The van der Waals surface area contributed by atoms with Gasteiger partial charge in [0.25, 0.3) is 11.8 Å². The minimum Gasteiger partial charge on any atom is -0.342 e. The van der Waals surface area contributed by atoms with Gasteiger partial charge in [0.2, 0.25) is 5.91 Å². The number of imide groups is 1. The number of carbonyl (C=O) groups excluding carboxylic acids is 4. The molecule has 5 amide bonds. The summed E-state index contributed by atoms with van der Waals surface area (Å²) in [6.07, 6.45) is 7.35. The molecule has 2 heterocycles. The molecule has 30 heavy (non-hydrogen) atoms. The van der Waals surface area contributed by atoms with Crippen LogP contribution in [0.2, 0.25) is 0 Å². The highest BCUT2D eigenvalue weighted by Crippen LogP contribution is 2.36. The molecule has 0 aromatic rings. The number of hydrogen-bond donors (Lipinski definition) is 2. The highest BCUT2D eigenvalue weighted by molar-refractivity contribution is 6.10. The van der Waals surface area contributed by atoms with Gasteiger partial charge in [0.15, 0.2) is 0 Å². The molecular formula is C21H34N4O5. The largest absolute Gasteiger partial charge is 0.342 e. The average Bonchev–Trinajstić information content (AvgIpc) is 3.31. The van der Waals surface area contributed by atoms with Gasteiger partial charge in [-0.3, -0.25) is 19.6 Å². The molecule has 1 unspecified atom stereocenters. The number of rotatable bonds is 6. The zero-order chi connectivity index (χ0) is 22.1. The van der Waals surface area contributed by atoms with E-state index in [2.05, 4.69) is 0 Å². The highest BCUT2D eigenvalue weighted by atomic mass is 16.5. The van der Waals surface area contributed by atoms with Crippen molar-refractivity contribution < 1.29 is 24.4 Å². The van der Waals surface area contributed by atoms with Crippen molar-refractivity contribution in [2.24, 2.45) is 11.8 Å². The van der Waals surface area contributed by atoms with Crippen LogP contribution in [0, 0.1) is 11.8 Å². The second-order valence-corrected chi connectivity index (χ2v) is 9.38. The summed E-state index contributed by atoms with van der Waals surface area (Å²) < 4.78 is 0. The van der Waals surface area contributed by atoms with E-state index in [1.807, 2.05) is 0 Å². The maximum absolute atomic E-state index is 13.6. The number of nitrogens with zero attached hydrogens (tertiary/aromatic N) is 3. The molecule has 1 saturated carbocycles. The quantitative estimate of drug-likeness (QED) is 0.385. The van der Waals surface area contributed by atoms with Crippen LogP contribution in [-0.2, 0) is 14.4 Å². The van der Waals surface area contributed by atoms with Crippen molar-refractivity contribution in [1.29, 1.82) is 0 Å². The maximum Gasteiger partial charge on any atom is 0.328 e. The predicted octanol–water partition coefficient (Wildman–Crippen LogP) is 1.74. The van der Waals surface area contributed by atoms with Crippen LogP contribution < -0.4 is 5.48 Å². The molecule has 0 radical (unpaired) electrons. The van der Waals surface area contributed by atoms with Gasteiger partial charge in [0.05, 0.1) is 5.92 Å². The molecule has 2 atom stereocenters. The van der Waals surface area contributed by atoms with Crippen molar-refractivity contribution in [2.75, 3.05) is 20.1 Å². The fourth-order valence-electron chi connectivity index (χ4n) is 5.04. The fourth-order valence-corrected chi connectivity index (χ4v) is 5.04. The first-order valence-corrected chi connectivity index (χ1v) is 11.0. The van der Waals surface area contributed by atoms with Gasteiger partial charge in [-0.15, -0.1) is 0 Å². The van der Waals surface area contributed by atoms with Crippen LogP contribution >= 0.6 is 0 Å². The van der Waals surface area contributed by atoms with Crippen molar-refractivity contribution >= 4 is 23.8 Å². The van der Waals surface area contributed by atoms with E-state index < -0.39 is 35.3 Å². The molecule has 0 aromatic heterocycles. The molecule has 0 bridgehead atoms. The molecule has 168 valence electrons. The van der Waals surface area contributed by atoms with E-state index in [1.54, 1.807) is 24.2 Å². The lowest BCUT2D eigenvalue weighted by Crippen LogP contribution is -2.58. The second-order valence-electron chi connectivity index (χ2n) is 9.38. The molecule has 3 rings (SSSR count). The number of piperidine rings is 1. The third-order valence-corrected chi connectivity index (χ3v) is 7.16. The van der Waals surface area contributed by atoms with Gasteiger partial charge in [-0.1, -0.05) is 25.7 Å². The fraction of sp³-hybridized carbons (Fsp3) is 0.810. The van der Waals surface area contributed by atoms with Gasteiger partial charge in [-0.05, 0) is 45.4 Å². The summed E-state index contributed by atoms with van der Waals surface area (Å²) in [7, 11) is 1.51. The average molecular weight is 423 g/mol. The molecule has 2 N–H and O–H groups in total. The lowest BCUT2D eigenvalue weighted by Gasteiger charge is -2.36. The summed E-state index contributed by atoms with van der Waals surface area (Å²) in [5.41, 5.74) is 0.486. The third kappa shape index (κ3) is 4.04. The Kier molecular flexibility index (Phi) is 6.69. The summed E-state index contributed by atoms with van der Waals surface area (Å²) in [6.45, 7) is 4.45. The van der Waals surface area contributed by atoms with Gasteiger partial charge in [0.1, 0.15) is 11.6 Å². The summed E-state index contributed by atoms with van der Waals surface area (Å²) in [4.78, 5) is 56.4. The van der Waals surface area contributed by atoms with E-state index in [9.17, 15) is 24.4 Å². The number of likely N-dealkylation sites (tertiary alicyclic amines) is 1. The second kappa shape index (κ2) is 8.91. The van der Waals surface area contributed by atoms with Crippen LogP contribution in [0.3, 0.4) is 0 Å². The molecule has 9 nitrogen and oxygen atoms in total. The minimum atomic E-state index is -1.37. The Morgan fingerprint density at radius 1 is 1.10 bits per heavy atom. The third-order valence-electron chi connectivity index (χ3n) is 7.16. The molecule has 1 aliphatic carbocycles. The molecule has 9 heteroatoms. The van der Waals surface area contributed by atoms with E-state index >= 15 is 0 Å². The monoisotopic (exact) mass is 422 g/mol. The highest BCUT2D eigenvalue weighted by Gasteiger charge is 2.56. The number of carbonyl (C=O) groups is 4. The van der Waals surface area contributed by atoms with E-state index in [4.69, 9.17) is 0 Å². The molecule has 0 spiro atoms. The van der Waals surface area contributed by atoms with Crippen LogP contribution in [0.15, 0.2) is 0 Å². The Morgan fingerprint density at radius 2 is 1.70 bits per heavy atom. The number of likely N-dealkylation sites (N-methyl/N-ethyl adjacent to an activating group) is 1. The van der Waals surface area contributed by atoms with Crippen LogP contribution in [0.5, 0.6) is 0 Å². The topological polar surface area (TPSA) is 110 Å². The maximum atomic E-state index is 13.6. The van der Waals surface area contributed by atoms with Gasteiger partial charge >= 0.3 is 6.03 Å². The summed E-state index contributed by atoms with van der Waals surface area (Å²) in [5, 5.41) is 9.45. The SMILES string of the molecule is CN1C(=O)N(C(C(=O)NO)[C@@H](CC2CCCC2)C(=O)N2CCCCC2)C(=O)C1(C)C. The normalized spacial score (nSPS) is 24.3. The smallest absolute Gasteiger partial charge is 0.328 e. The van der Waals surface area contributed by atoms with Crippen molar-refractivity contribution in [1.82, 2.24) is 20.2 Å². The first-order valence-electron chi connectivity index (χ1n) is 11.0. The molecule has 2 aliphatic heterocycles. The number of hydrogen-bond acceptors (Lipinski definition) is 5. The molecule has 2 saturated heterocycles. The molecule has 3 fully saturated rings. The number of amides is 5. The summed E-state index contributed by atoms with van der Waals surface area (Å²) in [6, 6.07) is -1.99. The van der Waals surface area contributed by atoms with Crippen LogP contribution in [0.25, 0.3) is 0 Å². The van der Waals surface area contributed by atoms with Gasteiger partial charge in [-0.2, -0.15) is 0 Å². The van der Waals surface area contributed by atoms with Gasteiger partial charge in [-0.25, -0.2) is 15.2 Å². The number of hydroxylamine groups is 1. The number of urea groups is 1. The van der Waals surface area contributed by atoms with Crippen LogP contribution in [0.1, 0.15) is 65.2 Å². The van der Waals surface area contributed by atoms with Gasteiger partial charge < -0.3 is 9.80 Å². The Bertz CT molecular complexity index is 698. The zero-order valence-corrected chi connectivity index (χ0v) is 18.2. The predicted molar refractivity (Wildman–Crippen MR) is 108 cm³/mol. The van der Waals surface area contributed by atoms with E-state index in [0.29, 0.717) is 19.5 Å². The number of nitrogens with one attached hydrogen (secondary N) is 1. The van der Waals surface area contributed by atoms with Crippen molar-refractivity contribution in [3.63, 3.8) is 0 Å². The lowest BCUT2D eigenvalue weighted by atomic mass is 9.84. The van der Waals surface area contributed by atoms with Crippen molar-refractivity contribution in [2.45, 2.75) is 76.8 Å². The van der Waals surface area contributed by atoms with Crippen molar-refractivity contribution in [3.05, 3.63) is 0 Å². The van der Waals surface area contributed by atoms with Crippen molar-refractivity contribution in [3.8, 4) is 0 Å². The lowest BCUT2D eigenvalue weighted by molar-refractivity contribution is -0.150. The Morgan fingerprint density at radius 3 is 2.20 bits per heavy atom. The Labute approximate surface area is 177 Å². The van der Waals surface area contributed by atoms with E-state index in [0.717, 1.165) is 49.8 Å². The molecule has 3 aliphatic rings. The van der Waals surface area contributed by atoms with E-state index in [-0.39, 0.29) is 11.8 Å².